The lowest BCUT2D eigenvalue weighted by molar-refractivity contribution is 0.211. The van der Waals surface area contributed by atoms with Gasteiger partial charge >= 0.3 is 6.09 Å². The number of nitrogens with two attached hydrogens (primary N) is 2. The first-order valence-electron chi connectivity index (χ1n) is 6.68. The summed E-state index contributed by atoms with van der Waals surface area (Å²) >= 11 is 0. The van der Waals surface area contributed by atoms with E-state index in [1.165, 1.54) is 12.3 Å². The number of aromatic amines is 1. The SMILES string of the molecule is NC(=O)Oc1cc(-c2ccnc(N)n2)[nH]c1-c1cc(F)ccc1F. The van der Waals surface area contributed by atoms with Crippen LogP contribution in [0.4, 0.5) is 19.5 Å². The molecule has 0 unspecified atom stereocenters. The van der Waals surface area contributed by atoms with Gasteiger partial charge in [-0.2, -0.15) is 0 Å². The first-order chi connectivity index (χ1) is 11.4. The van der Waals surface area contributed by atoms with E-state index >= 15 is 0 Å². The Balaban J connectivity index is 2.17. The number of H-pyrrole nitrogens is 1. The number of ether oxygens (including phenoxy) is 1. The number of hydrogen-bond donors (Lipinski definition) is 3. The van der Waals surface area contributed by atoms with Crippen molar-refractivity contribution in [1.29, 1.82) is 0 Å². The Bertz CT molecular complexity index is 926. The molecule has 0 atom stereocenters. The monoisotopic (exact) mass is 331 g/mol. The van der Waals surface area contributed by atoms with Crippen LogP contribution in [0, 0.1) is 11.6 Å². The maximum absolute atomic E-state index is 14.0. The van der Waals surface area contributed by atoms with Crippen LogP contribution < -0.4 is 16.2 Å². The number of nitrogens with zero attached hydrogens (tertiary/aromatic N) is 2. The lowest BCUT2D eigenvalue weighted by atomic mass is 10.1. The second kappa shape index (κ2) is 5.95. The molecule has 5 N–H and O–H groups in total. The van der Waals surface area contributed by atoms with Gasteiger partial charge in [0.1, 0.15) is 11.6 Å². The van der Waals surface area contributed by atoms with E-state index in [4.69, 9.17) is 16.2 Å². The third-order valence-electron chi connectivity index (χ3n) is 3.14. The normalized spacial score (nSPS) is 10.6. The second-order valence-electron chi connectivity index (χ2n) is 4.77. The van der Waals surface area contributed by atoms with Gasteiger partial charge in [0.05, 0.1) is 17.1 Å². The van der Waals surface area contributed by atoms with Crippen molar-refractivity contribution in [1.82, 2.24) is 15.0 Å². The van der Waals surface area contributed by atoms with Gasteiger partial charge in [-0.25, -0.2) is 23.5 Å². The average Bonchev–Trinajstić information content (AvgIpc) is 2.92. The Morgan fingerprint density at radius 2 is 2.00 bits per heavy atom. The zero-order valence-corrected chi connectivity index (χ0v) is 12.1. The highest BCUT2D eigenvalue weighted by Gasteiger charge is 2.19. The van der Waals surface area contributed by atoms with E-state index in [9.17, 15) is 13.6 Å². The largest absolute Gasteiger partial charge is 0.410 e. The van der Waals surface area contributed by atoms with Crippen LogP contribution in [-0.2, 0) is 0 Å². The van der Waals surface area contributed by atoms with Gasteiger partial charge in [-0.3, -0.25) is 0 Å². The fourth-order valence-electron chi connectivity index (χ4n) is 2.18. The molecule has 0 bridgehead atoms. The standard InChI is InChI=1S/C15H11F2N5O2/c16-7-1-2-9(17)8(5-7)13-12(24-15(19)23)6-11(21-13)10-3-4-20-14(18)22-10/h1-6,21H,(H2,19,23)(H2,18,20,22). The molecule has 1 aromatic carbocycles. The van der Waals surface area contributed by atoms with E-state index in [1.807, 2.05) is 0 Å². The Morgan fingerprint density at radius 3 is 2.71 bits per heavy atom. The zero-order chi connectivity index (χ0) is 17.3. The summed E-state index contributed by atoms with van der Waals surface area (Å²) in [5.74, 6) is -1.41. The van der Waals surface area contributed by atoms with Crippen molar-refractivity contribution in [3.05, 3.63) is 48.2 Å². The molecule has 0 fully saturated rings. The highest BCUT2D eigenvalue weighted by atomic mass is 19.1. The quantitative estimate of drug-likeness (QED) is 0.681. The van der Waals surface area contributed by atoms with Crippen LogP contribution in [0.25, 0.3) is 22.6 Å². The molecule has 2 heterocycles. The van der Waals surface area contributed by atoms with Gasteiger partial charge < -0.3 is 21.2 Å². The Hall–Kier alpha value is -3.49. The van der Waals surface area contributed by atoms with Crippen LogP contribution in [0.1, 0.15) is 0 Å². The first kappa shape index (κ1) is 15.4. The highest BCUT2D eigenvalue weighted by molar-refractivity contribution is 5.78. The zero-order valence-electron chi connectivity index (χ0n) is 12.1. The van der Waals surface area contributed by atoms with Crippen molar-refractivity contribution in [3.8, 4) is 28.4 Å². The number of carbonyl (C=O) groups excluding carboxylic acids is 1. The number of hydrogen-bond acceptors (Lipinski definition) is 5. The Morgan fingerprint density at radius 1 is 1.21 bits per heavy atom. The van der Waals surface area contributed by atoms with Crippen LogP contribution in [-0.4, -0.2) is 21.0 Å². The maximum Gasteiger partial charge on any atom is 0.410 e. The van der Waals surface area contributed by atoms with Crippen molar-refractivity contribution < 1.29 is 18.3 Å². The van der Waals surface area contributed by atoms with Gasteiger partial charge in [-0.15, -0.1) is 0 Å². The number of halogens is 2. The summed E-state index contributed by atoms with van der Waals surface area (Å²) in [5, 5.41) is 0. The molecule has 1 amide bonds. The van der Waals surface area contributed by atoms with Crippen LogP contribution in [0.3, 0.4) is 0 Å². The minimum Gasteiger partial charge on any atom is -0.408 e. The number of amides is 1. The summed E-state index contributed by atoms with van der Waals surface area (Å²) in [5.41, 5.74) is 11.2. The number of rotatable bonds is 3. The second-order valence-corrected chi connectivity index (χ2v) is 4.77. The van der Waals surface area contributed by atoms with E-state index in [1.54, 1.807) is 6.07 Å². The molecule has 0 aliphatic heterocycles. The molecule has 0 spiro atoms. The van der Waals surface area contributed by atoms with E-state index in [0.29, 0.717) is 11.4 Å². The number of nitrogens with one attached hydrogen (secondary N) is 1. The Kier molecular flexibility index (Phi) is 3.82. The van der Waals surface area contributed by atoms with Crippen LogP contribution in [0.15, 0.2) is 36.5 Å². The highest BCUT2D eigenvalue weighted by Crippen LogP contribution is 2.35. The van der Waals surface area contributed by atoms with Crippen molar-refractivity contribution >= 4 is 12.0 Å². The minimum atomic E-state index is -1.10. The average molecular weight is 331 g/mol. The molecular weight excluding hydrogens is 320 g/mol. The van der Waals surface area contributed by atoms with Gasteiger partial charge in [0, 0.05) is 17.8 Å². The summed E-state index contributed by atoms with van der Waals surface area (Å²) in [7, 11) is 0. The third kappa shape index (κ3) is 3.00. The summed E-state index contributed by atoms with van der Waals surface area (Å²) < 4.78 is 32.4. The van der Waals surface area contributed by atoms with Crippen molar-refractivity contribution in [2.24, 2.45) is 5.73 Å². The lowest BCUT2D eigenvalue weighted by Gasteiger charge is -2.05. The van der Waals surface area contributed by atoms with Crippen LogP contribution >= 0.6 is 0 Å². The Labute approximate surface area is 134 Å². The minimum absolute atomic E-state index is 0.0259. The first-order valence-corrected chi connectivity index (χ1v) is 6.68. The van der Waals surface area contributed by atoms with Crippen molar-refractivity contribution in [2.45, 2.75) is 0 Å². The number of nitrogen functional groups attached to an aromatic ring is 1. The van der Waals surface area contributed by atoms with E-state index in [2.05, 4.69) is 15.0 Å². The molecule has 24 heavy (non-hydrogen) atoms. The van der Waals surface area contributed by atoms with Crippen molar-refractivity contribution in [2.75, 3.05) is 5.73 Å². The fraction of sp³-hybridized carbons (Fsp3) is 0. The third-order valence-corrected chi connectivity index (χ3v) is 3.14. The van der Waals surface area contributed by atoms with Gasteiger partial charge in [0.15, 0.2) is 5.75 Å². The number of aromatic nitrogens is 3. The van der Waals surface area contributed by atoms with Gasteiger partial charge in [-0.05, 0) is 24.3 Å². The molecule has 0 radical (unpaired) electrons. The van der Waals surface area contributed by atoms with Crippen LogP contribution in [0.5, 0.6) is 5.75 Å². The summed E-state index contributed by atoms with van der Waals surface area (Å²) in [6.07, 6.45) is 0.330. The molecule has 0 aliphatic rings. The van der Waals surface area contributed by atoms with Gasteiger partial charge in [0.2, 0.25) is 5.95 Å². The van der Waals surface area contributed by atoms with E-state index < -0.39 is 17.7 Å². The number of anilines is 1. The topological polar surface area (TPSA) is 120 Å². The molecule has 2 aromatic heterocycles. The summed E-state index contributed by atoms with van der Waals surface area (Å²) in [4.78, 5) is 21.7. The smallest absolute Gasteiger partial charge is 0.408 e. The van der Waals surface area contributed by atoms with Crippen molar-refractivity contribution in [3.63, 3.8) is 0 Å². The van der Waals surface area contributed by atoms with Crippen LogP contribution in [0.2, 0.25) is 0 Å². The molecule has 3 rings (SSSR count). The summed E-state index contributed by atoms with van der Waals surface area (Å²) in [6, 6.07) is 5.83. The molecule has 7 nitrogen and oxygen atoms in total. The molecule has 9 heteroatoms. The predicted molar refractivity (Wildman–Crippen MR) is 81.8 cm³/mol. The van der Waals surface area contributed by atoms with Gasteiger partial charge in [-0.1, -0.05) is 0 Å². The lowest BCUT2D eigenvalue weighted by Crippen LogP contribution is -2.16. The van der Waals surface area contributed by atoms with E-state index in [0.717, 1.165) is 18.2 Å². The van der Waals surface area contributed by atoms with E-state index in [-0.39, 0.29) is 23.0 Å². The number of carbonyl (C=O) groups is 1. The molecule has 0 saturated heterocycles. The molecule has 0 aliphatic carbocycles. The molecule has 122 valence electrons. The molecule has 3 aromatic rings. The maximum atomic E-state index is 14.0. The molecular formula is C15H11F2N5O2. The predicted octanol–water partition coefficient (Wildman–Crippen LogP) is 2.46. The van der Waals surface area contributed by atoms with Gasteiger partial charge in [0.25, 0.3) is 0 Å². The molecule has 0 saturated carbocycles. The number of benzene rings is 1. The fourth-order valence-corrected chi connectivity index (χ4v) is 2.18. The number of primary amides is 1. The summed E-state index contributed by atoms with van der Waals surface area (Å²) in [6.45, 7) is 0.